The summed E-state index contributed by atoms with van der Waals surface area (Å²) >= 11 is 1.74. The fourth-order valence-corrected chi connectivity index (χ4v) is 5.67. The molecular weight excluding hydrogens is 600 g/mol. The Hall–Kier alpha value is -3.49. The second-order valence-corrected chi connectivity index (χ2v) is 11.9. The van der Waals surface area contributed by atoms with Gasteiger partial charge in [-0.3, -0.25) is 9.59 Å². The van der Waals surface area contributed by atoms with Crippen molar-refractivity contribution in [3.05, 3.63) is 77.4 Å². The standard InChI is InChI=1S/C38H50O7S/c1-5-42-37(39)16-12-24-45-36-15-11-14-31(35(36)21-22-38(40)43-6-2)13-9-7-8-10-23-44-33-26-29(28-41-3)25-32(27-33)30-17-19-34(46-4)20-18-30/h11,14-15,17-20,25-27H,5-10,12-13,16,21-24,28H2,1-4H3. The van der Waals surface area contributed by atoms with Crippen LogP contribution in [0.5, 0.6) is 11.5 Å². The van der Waals surface area contributed by atoms with Crippen LogP contribution in [-0.4, -0.2) is 51.7 Å². The summed E-state index contributed by atoms with van der Waals surface area (Å²) < 4.78 is 27.9. The molecule has 0 amide bonds. The van der Waals surface area contributed by atoms with E-state index in [0.29, 0.717) is 58.7 Å². The van der Waals surface area contributed by atoms with Crippen molar-refractivity contribution in [3.63, 3.8) is 0 Å². The molecule has 0 aliphatic heterocycles. The number of hydrogen-bond donors (Lipinski definition) is 0. The summed E-state index contributed by atoms with van der Waals surface area (Å²) in [5.74, 6) is 1.21. The summed E-state index contributed by atoms with van der Waals surface area (Å²) in [5.41, 5.74) is 5.61. The summed E-state index contributed by atoms with van der Waals surface area (Å²) in [6.07, 6.45) is 8.86. The minimum Gasteiger partial charge on any atom is -0.494 e. The van der Waals surface area contributed by atoms with Gasteiger partial charge in [0.15, 0.2) is 0 Å². The van der Waals surface area contributed by atoms with Crippen molar-refractivity contribution in [1.29, 1.82) is 0 Å². The highest BCUT2D eigenvalue weighted by Crippen LogP contribution is 2.29. The predicted molar refractivity (Wildman–Crippen MR) is 185 cm³/mol. The van der Waals surface area contributed by atoms with Gasteiger partial charge in [0.25, 0.3) is 0 Å². The van der Waals surface area contributed by atoms with Crippen molar-refractivity contribution < 1.29 is 33.3 Å². The van der Waals surface area contributed by atoms with Gasteiger partial charge in [0, 0.05) is 24.8 Å². The first-order valence-electron chi connectivity index (χ1n) is 16.4. The van der Waals surface area contributed by atoms with E-state index in [4.69, 9.17) is 23.7 Å². The average molecular weight is 651 g/mol. The molecule has 250 valence electrons. The SMILES string of the molecule is CCOC(=O)CCCOc1cccc(CCCCCCOc2cc(COC)cc(-c3ccc(SC)cc3)c2)c1CCC(=O)OCC. The molecule has 0 spiro atoms. The van der Waals surface area contributed by atoms with E-state index in [1.807, 2.05) is 19.1 Å². The van der Waals surface area contributed by atoms with Crippen LogP contribution >= 0.6 is 11.8 Å². The van der Waals surface area contributed by atoms with Crippen molar-refractivity contribution in [3.8, 4) is 22.6 Å². The second-order valence-electron chi connectivity index (χ2n) is 11.0. The highest BCUT2D eigenvalue weighted by Gasteiger charge is 2.13. The van der Waals surface area contributed by atoms with Gasteiger partial charge < -0.3 is 23.7 Å². The van der Waals surface area contributed by atoms with Gasteiger partial charge in [-0.2, -0.15) is 0 Å². The highest BCUT2D eigenvalue weighted by molar-refractivity contribution is 7.98. The fourth-order valence-electron chi connectivity index (χ4n) is 5.26. The van der Waals surface area contributed by atoms with Crippen LogP contribution in [0.3, 0.4) is 0 Å². The molecule has 7 nitrogen and oxygen atoms in total. The minimum atomic E-state index is -0.214. The van der Waals surface area contributed by atoms with Crippen LogP contribution in [-0.2, 0) is 43.2 Å². The van der Waals surface area contributed by atoms with Crippen LogP contribution in [0.2, 0.25) is 0 Å². The van der Waals surface area contributed by atoms with Gasteiger partial charge >= 0.3 is 11.9 Å². The Labute approximate surface area is 279 Å². The van der Waals surface area contributed by atoms with Gasteiger partial charge in [-0.05, 0) is 116 Å². The first kappa shape index (κ1) is 37.0. The number of aryl methyl sites for hydroxylation is 1. The number of carbonyl (C=O) groups is 2. The van der Waals surface area contributed by atoms with E-state index >= 15 is 0 Å². The quantitative estimate of drug-likeness (QED) is 0.0608. The Morgan fingerprint density at radius 3 is 2.15 bits per heavy atom. The fraction of sp³-hybridized carbons (Fsp3) is 0.474. The number of rotatable bonds is 22. The molecule has 0 unspecified atom stereocenters. The van der Waals surface area contributed by atoms with E-state index in [2.05, 4.69) is 54.8 Å². The van der Waals surface area contributed by atoms with Gasteiger partial charge in [0.2, 0.25) is 0 Å². The average Bonchev–Trinajstić information content (AvgIpc) is 3.06. The summed E-state index contributed by atoms with van der Waals surface area (Å²) in [4.78, 5) is 25.1. The van der Waals surface area contributed by atoms with E-state index in [0.717, 1.165) is 65.9 Å². The number of carbonyl (C=O) groups excluding carboxylic acids is 2. The minimum absolute atomic E-state index is 0.209. The lowest BCUT2D eigenvalue weighted by atomic mass is 9.96. The summed E-state index contributed by atoms with van der Waals surface area (Å²) in [6.45, 7) is 5.97. The Kier molecular flexibility index (Phi) is 17.1. The van der Waals surface area contributed by atoms with Crippen LogP contribution < -0.4 is 9.47 Å². The Morgan fingerprint density at radius 1 is 0.717 bits per heavy atom. The zero-order chi connectivity index (χ0) is 33.0. The maximum absolute atomic E-state index is 12.1. The molecule has 3 aromatic rings. The number of ether oxygens (including phenoxy) is 5. The molecule has 0 saturated heterocycles. The van der Waals surface area contributed by atoms with Gasteiger partial charge in [0.05, 0.1) is 33.0 Å². The van der Waals surface area contributed by atoms with Crippen molar-refractivity contribution in [2.24, 2.45) is 0 Å². The van der Waals surface area contributed by atoms with Gasteiger partial charge in [-0.25, -0.2) is 0 Å². The molecule has 46 heavy (non-hydrogen) atoms. The summed E-state index contributed by atoms with van der Waals surface area (Å²) in [5, 5.41) is 0. The molecule has 0 heterocycles. The topological polar surface area (TPSA) is 80.3 Å². The lowest BCUT2D eigenvalue weighted by molar-refractivity contribution is -0.144. The van der Waals surface area contributed by atoms with E-state index in [9.17, 15) is 9.59 Å². The molecule has 0 saturated carbocycles. The molecule has 0 aliphatic carbocycles. The van der Waals surface area contributed by atoms with E-state index < -0.39 is 0 Å². The van der Waals surface area contributed by atoms with Crippen LogP contribution in [0.4, 0.5) is 0 Å². The molecule has 0 bridgehead atoms. The normalized spacial score (nSPS) is 10.9. The Balaban J connectivity index is 1.51. The van der Waals surface area contributed by atoms with Crippen molar-refractivity contribution in [1.82, 2.24) is 0 Å². The number of benzene rings is 3. The Morgan fingerprint density at radius 2 is 1.43 bits per heavy atom. The van der Waals surface area contributed by atoms with E-state index in [-0.39, 0.29) is 11.9 Å². The van der Waals surface area contributed by atoms with E-state index in [1.165, 1.54) is 10.5 Å². The van der Waals surface area contributed by atoms with E-state index in [1.54, 1.807) is 25.8 Å². The second kappa shape index (κ2) is 21.3. The Bertz CT molecular complexity index is 1340. The first-order chi connectivity index (χ1) is 22.5. The van der Waals surface area contributed by atoms with Crippen LogP contribution in [0.15, 0.2) is 65.6 Å². The molecule has 0 fully saturated rings. The first-order valence-corrected chi connectivity index (χ1v) is 17.6. The lowest BCUT2D eigenvalue weighted by Gasteiger charge is -2.16. The largest absolute Gasteiger partial charge is 0.494 e. The number of thioether (sulfide) groups is 1. The van der Waals surface area contributed by atoms with Crippen LogP contribution in [0.1, 0.15) is 75.5 Å². The summed E-state index contributed by atoms with van der Waals surface area (Å²) in [7, 11) is 1.71. The molecule has 0 atom stereocenters. The zero-order valence-corrected chi connectivity index (χ0v) is 28.8. The third-order valence-electron chi connectivity index (χ3n) is 7.51. The van der Waals surface area contributed by atoms with Crippen LogP contribution in [0.25, 0.3) is 11.1 Å². The number of methoxy groups -OCH3 is 1. The molecule has 0 aromatic heterocycles. The maximum atomic E-state index is 12.1. The number of unbranched alkanes of at least 4 members (excludes halogenated alkanes) is 3. The van der Waals surface area contributed by atoms with Gasteiger partial charge in [-0.1, -0.05) is 37.1 Å². The van der Waals surface area contributed by atoms with Crippen molar-refractivity contribution >= 4 is 23.7 Å². The molecule has 3 rings (SSSR count). The number of esters is 2. The lowest BCUT2D eigenvalue weighted by Crippen LogP contribution is -2.10. The molecule has 0 N–H and O–H groups in total. The monoisotopic (exact) mass is 650 g/mol. The zero-order valence-electron chi connectivity index (χ0n) is 27.9. The molecular formula is C38H50O7S. The van der Waals surface area contributed by atoms with Crippen molar-refractivity contribution in [2.45, 2.75) is 83.1 Å². The molecule has 0 aliphatic rings. The smallest absolute Gasteiger partial charge is 0.306 e. The van der Waals surface area contributed by atoms with Gasteiger partial charge in [0.1, 0.15) is 11.5 Å². The third kappa shape index (κ3) is 13.1. The predicted octanol–water partition coefficient (Wildman–Crippen LogP) is 8.62. The van der Waals surface area contributed by atoms with Gasteiger partial charge in [-0.15, -0.1) is 11.8 Å². The highest BCUT2D eigenvalue weighted by atomic mass is 32.2. The molecule has 0 radical (unpaired) electrons. The maximum Gasteiger partial charge on any atom is 0.306 e. The molecule has 8 heteroatoms. The van der Waals surface area contributed by atoms with Crippen molar-refractivity contribution in [2.75, 3.05) is 39.8 Å². The molecule has 3 aromatic carbocycles. The van der Waals surface area contributed by atoms with Crippen LogP contribution in [0, 0.1) is 0 Å². The number of hydrogen-bond acceptors (Lipinski definition) is 8. The summed E-state index contributed by atoms with van der Waals surface area (Å²) in [6, 6.07) is 21.0. The third-order valence-corrected chi connectivity index (χ3v) is 8.26.